The molecular formula is C25H31FN2O2S. The molecule has 2 aromatic rings. The molecule has 0 unspecified atom stereocenters. The Morgan fingerprint density at radius 1 is 1.10 bits per heavy atom. The van der Waals surface area contributed by atoms with E-state index in [1.54, 1.807) is 24.0 Å². The molecule has 0 aliphatic carbocycles. The van der Waals surface area contributed by atoms with Gasteiger partial charge in [0.25, 0.3) is 0 Å². The van der Waals surface area contributed by atoms with Crippen molar-refractivity contribution in [2.24, 2.45) is 0 Å². The van der Waals surface area contributed by atoms with Gasteiger partial charge >= 0.3 is 0 Å². The van der Waals surface area contributed by atoms with Crippen molar-refractivity contribution >= 4 is 35.0 Å². The predicted molar refractivity (Wildman–Crippen MR) is 127 cm³/mol. The van der Waals surface area contributed by atoms with Crippen LogP contribution in [0.4, 0.5) is 15.8 Å². The number of aryl methyl sites for hydroxylation is 1. The summed E-state index contributed by atoms with van der Waals surface area (Å²) in [6.45, 7) is 3.90. The fraction of sp³-hybridized carbons (Fsp3) is 0.440. The highest BCUT2D eigenvalue weighted by Gasteiger charge is 2.34. The second kappa shape index (κ2) is 11.3. The minimum Gasteiger partial charge on any atom is -0.326 e. The van der Waals surface area contributed by atoms with Crippen LogP contribution in [-0.4, -0.2) is 17.6 Å². The highest BCUT2D eigenvalue weighted by atomic mass is 32.2. The number of thioether (sulfide) groups is 1. The second-order valence-corrected chi connectivity index (χ2v) is 9.12. The molecule has 0 spiro atoms. The maximum atomic E-state index is 14.0. The van der Waals surface area contributed by atoms with Gasteiger partial charge in [-0.2, -0.15) is 0 Å². The van der Waals surface area contributed by atoms with Crippen LogP contribution in [-0.2, 0) is 9.59 Å². The monoisotopic (exact) mass is 442 g/mol. The van der Waals surface area contributed by atoms with Crippen LogP contribution in [0.1, 0.15) is 68.4 Å². The summed E-state index contributed by atoms with van der Waals surface area (Å²) < 4.78 is 14.0. The molecule has 31 heavy (non-hydrogen) atoms. The molecule has 0 bridgehead atoms. The molecule has 3 rings (SSSR count). The van der Waals surface area contributed by atoms with E-state index < -0.39 is 0 Å². The zero-order valence-electron chi connectivity index (χ0n) is 18.3. The first kappa shape index (κ1) is 23.3. The third-order valence-corrected chi connectivity index (χ3v) is 6.75. The summed E-state index contributed by atoms with van der Waals surface area (Å²) in [6, 6.07) is 12.5. The number of nitrogens with zero attached hydrogens (tertiary/aromatic N) is 1. The number of carbonyl (C=O) groups is 2. The summed E-state index contributed by atoms with van der Waals surface area (Å²) in [5.41, 5.74) is 2.83. The molecule has 2 aromatic carbocycles. The number of nitrogens with one attached hydrogen (secondary N) is 1. The Morgan fingerprint density at radius 2 is 1.81 bits per heavy atom. The van der Waals surface area contributed by atoms with E-state index in [2.05, 4.69) is 12.2 Å². The molecule has 1 atom stereocenters. The van der Waals surface area contributed by atoms with Gasteiger partial charge in [0.2, 0.25) is 11.8 Å². The molecule has 4 nitrogen and oxygen atoms in total. The number of anilines is 2. The van der Waals surface area contributed by atoms with Gasteiger partial charge in [0.1, 0.15) is 11.2 Å². The summed E-state index contributed by atoms with van der Waals surface area (Å²) in [5.74, 6) is 0.0426. The van der Waals surface area contributed by atoms with Crippen LogP contribution >= 0.6 is 11.8 Å². The van der Waals surface area contributed by atoms with Crippen molar-refractivity contribution in [1.82, 2.24) is 0 Å². The molecular weight excluding hydrogens is 411 g/mol. The molecule has 1 saturated heterocycles. The first-order valence-electron chi connectivity index (χ1n) is 11.1. The average molecular weight is 443 g/mol. The number of halogens is 1. The van der Waals surface area contributed by atoms with Gasteiger partial charge < -0.3 is 5.32 Å². The van der Waals surface area contributed by atoms with Gasteiger partial charge in [-0.25, -0.2) is 4.39 Å². The molecule has 166 valence electrons. The van der Waals surface area contributed by atoms with Gasteiger partial charge in [-0.05, 0) is 48.7 Å². The minimum absolute atomic E-state index is 0.0328. The van der Waals surface area contributed by atoms with Crippen molar-refractivity contribution in [3.05, 3.63) is 59.4 Å². The molecule has 0 aromatic heterocycles. The number of hydrogen-bond donors (Lipinski definition) is 1. The topological polar surface area (TPSA) is 49.4 Å². The van der Waals surface area contributed by atoms with Crippen LogP contribution < -0.4 is 10.2 Å². The van der Waals surface area contributed by atoms with E-state index in [9.17, 15) is 14.0 Å². The predicted octanol–water partition coefficient (Wildman–Crippen LogP) is 6.60. The Labute approximate surface area is 188 Å². The van der Waals surface area contributed by atoms with Gasteiger partial charge in [0.05, 0.1) is 5.75 Å². The van der Waals surface area contributed by atoms with E-state index in [4.69, 9.17) is 0 Å². The fourth-order valence-corrected chi connectivity index (χ4v) is 4.88. The molecule has 1 aliphatic heterocycles. The Bertz CT molecular complexity index is 901. The Morgan fingerprint density at radius 3 is 2.52 bits per heavy atom. The Balaban J connectivity index is 1.58. The maximum Gasteiger partial charge on any atom is 0.238 e. The summed E-state index contributed by atoms with van der Waals surface area (Å²) in [7, 11) is 0. The highest BCUT2D eigenvalue weighted by molar-refractivity contribution is 8.00. The van der Waals surface area contributed by atoms with E-state index >= 15 is 0 Å². The van der Waals surface area contributed by atoms with E-state index in [1.807, 2.05) is 24.3 Å². The molecule has 2 amide bonds. The van der Waals surface area contributed by atoms with Crippen molar-refractivity contribution in [2.45, 2.75) is 64.2 Å². The largest absolute Gasteiger partial charge is 0.326 e. The van der Waals surface area contributed by atoms with Gasteiger partial charge in [0.15, 0.2) is 0 Å². The number of carbonyl (C=O) groups excluding carboxylic acids is 2. The summed E-state index contributed by atoms with van der Waals surface area (Å²) in [6.07, 6.45) is 7.46. The van der Waals surface area contributed by atoms with E-state index in [0.717, 1.165) is 24.1 Å². The number of rotatable bonds is 10. The van der Waals surface area contributed by atoms with Gasteiger partial charge in [-0.1, -0.05) is 57.2 Å². The van der Waals surface area contributed by atoms with Crippen molar-refractivity contribution in [3.63, 3.8) is 0 Å². The van der Waals surface area contributed by atoms with Crippen LogP contribution in [0.3, 0.4) is 0 Å². The lowest BCUT2D eigenvalue weighted by atomic mass is 10.1. The zero-order chi connectivity index (χ0) is 22.2. The quantitative estimate of drug-likeness (QED) is 0.422. The first-order chi connectivity index (χ1) is 15.0. The lowest BCUT2D eigenvalue weighted by Gasteiger charge is -2.25. The molecule has 0 saturated carbocycles. The van der Waals surface area contributed by atoms with Crippen LogP contribution in [0.25, 0.3) is 0 Å². The number of hydrogen-bond acceptors (Lipinski definition) is 3. The second-order valence-electron chi connectivity index (χ2n) is 8.05. The fourth-order valence-electron chi connectivity index (χ4n) is 3.70. The lowest BCUT2D eigenvalue weighted by Crippen LogP contribution is -2.28. The average Bonchev–Trinajstić information content (AvgIpc) is 3.14. The van der Waals surface area contributed by atoms with Crippen LogP contribution in [0, 0.1) is 12.7 Å². The summed E-state index contributed by atoms with van der Waals surface area (Å²) >= 11 is 1.52. The molecule has 0 radical (unpaired) electrons. The van der Waals surface area contributed by atoms with Crippen molar-refractivity contribution in [1.29, 1.82) is 0 Å². The first-order valence-corrected chi connectivity index (χ1v) is 12.1. The standard InChI is InChI=1S/C25H31FN2O2S/c1-3-4-5-6-7-8-9-23(29)27-20-13-11-19(12-14-20)25-28(24(30)17-31-25)21-15-10-18(2)22(26)16-21/h10-16,25H,3-9,17H2,1-2H3,(H,27,29)/t25-/m0/s1. The third-order valence-electron chi connectivity index (χ3n) is 5.54. The molecule has 6 heteroatoms. The summed E-state index contributed by atoms with van der Waals surface area (Å²) in [4.78, 5) is 26.3. The van der Waals surface area contributed by atoms with Crippen molar-refractivity contribution in [2.75, 3.05) is 16.0 Å². The Hall–Kier alpha value is -2.34. The van der Waals surface area contributed by atoms with Crippen LogP contribution in [0.15, 0.2) is 42.5 Å². The number of unbranched alkanes of at least 4 members (excludes halogenated alkanes) is 5. The van der Waals surface area contributed by atoms with E-state index in [-0.39, 0.29) is 23.0 Å². The van der Waals surface area contributed by atoms with E-state index in [1.165, 1.54) is 43.5 Å². The maximum absolute atomic E-state index is 14.0. The molecule has 1 aliphatic rings. The van der Waals surface area contributed by atoms with Gasteiger partial charge in [-0.3, -0.25) is 14.5 Å². The molecule has 1 N–H and O–H groups in total. The number of amides is 2. The lowest BCUT2D eigenvalue weighted by molar-refractivity contribution is -0.116. The van der Waals surface area contributed by atoms with Crippen molar-refractivity contribution in [3.8, 4) is 0 Å². The van der Waals surface area contributed by atoms with Crippen molar-refractivity contribution < 1.29 is 14.0 Å². The van der Waals surface area contributed by atoms with Crippen LogP contribution in [0.5, 0.6) is 0 Å². The highest BCUT2D eigenvalue weighted by Crippen LogP contribution is 2.42. The normalized spacial score (nSPS) is 16.0. The molecule has 1 heterocycles. The number of benzene rings is 2. The van der Waals surface area contributed by atoms with Gasteiger partial charge in [0, 0.05) is 17.8 Å². The minimum atomic E-state index is -0.315. The van der Waals surface area contributed by atoms with E-state index in [0.29, 0.717) is 23.4 Å². The van der Waals surface area contributed by atoms with Gasteiger partial charge in [-0.15, -0.1) is 11.8 Å². The van der Waals surface area contributed by atoms with Crippen LogP contribution in [0.2, 0.25) is 0 Å². The summed E-state index contributed by atoms with van der Waals surface area (Å²) in [5, 5.41) is 2.75. The Kier molecular flexibility index (Phi) is 8.52. The third kappa shape index (κ3) is 6.33. The molecule has 1 fully saturated rings. The smallest absolute Gasteiger partial charge is 0.238 e. The zero-order valence-corrected chi connectivity index (χ0v) is 19.1. The SMILES string of the molecule is CCCCCCCCC(=O)Nc1ccc([C@@H]2SCC(=O)N2c2ccc(C)c(F)c2)cc1.